The first kappa shape index (κ1) is 8.08. The van der Waals surface area contributed by atoms with E-state index < -0.39 is 5.91 Å². The number of carbonyl (C=O) groups excluding carboxylic acids is 1. The van der Waals surface area contributed by atoms with Gasteiger partial charge in [-0.15, -0.1) is 0 Å². The lowest BCUT2D eigenvalue weighted by Crippen LogP contribution is -2.06. The summed E-state index contributed by atoms with van der Waals surface area (Å²) < 4.78 is 0. The lowest BCUT2D eigenvalue weighted by Gasteiger charge is -1.93. The molecule has 0 unspecified atom stereocenters. The van der Waals surface area contributed by atoms with Gasteiger partial charge in [0.1, 0.15) is 0 Å². The molecule has 0 bridgehead atoms. The van der Waals surface area contributed by atoms with E-state index in [2.05, 4.69) is 16.8 Å². The molecule has 0 aliphatic carbocycles. The molecule has 4 heteroatoms. The lowest BCUT2D eigenvalue weighted by molar-refractivity contribution is -0.112. The van der Waals surface area contributed by atoms with E-state index in [0.29, 0.717) is 11.3 Å². The maximum Gasteiger partial charge on any atom is 0.293 e. The van der Waals surface area contributed by atoms with Crippen LogP contribution in [0.3, 0.4) is 0 Å². The molecular formula is C8H7N3O. The Labute approximate surface area is 69.6 Å². The normalized spacial score (nSPS) is 8.33. The molecule has 1 aromatic rings. The largest absolute Gasteiger partial charge is 0.396 e. The highest BCUT2D eigenvalue weighted by Crippen LogP contribution is 2.05. The first-order valence-electron chi connectivity index (χ1n) is 3.21. The Morgan fingerprint density at radius 2 is 2.33 bits per heavy atom. The molecule has 0 atom stereocenters. The molecule has 12 heavy (non-hydrogen) atoms. The first-order chi connectivity index (χ1) is 5.70. The van der Waals surface area contributed by atoms with Gasteiger partial charge in [-0.2, -0.15) is 0 Å². The molecule has 0 saturated carbocycles. The number of amides is 1. The zero-order chi connectivity index (χ0) is 8.97. The minimum absolute atomic E-state index is 0.436. The molecule has 1 rings (SSSR count). The summed E-state index contributed by atoms with van der Waals surface area (Å²) in [7, 11) is 0. The fourth-order valence-corrected chi connectivity index (χ4v) is 0.649. The second kappa shape index (κ2) is 3.39. The molecular weight excluding hydrogens is 154 g/mol. The smallest absolute Gasteiger partial charge is 0.293 e. The predicted octanol–water partition coefficient (Wildman–Crippen LogP) is -0.499. The van der Waals surface area contributed by atoms with Crippen LogP contribution in [-0.4, -0.2) is 10.9 Å². The van der Waals surface area contributed by atoms with Crippen molar-refractivity contribution in [2.75, 3.05) is 5.73 Å². The third-order valence-electron chi connectivity index (χ3n) is 1.17. The minimum atomic E-state index is -0.675. The fraction of sp³-hybridized carbons (Fsp3) is 0. The standard InChI is InChI=1S/C8H7N3O/c9-7-5-11-4-3-6(7)1-2-8(10)12/h3-5H,9H2,(H2,10,12). The fourth-order valence-electron chi connectivity index (χ4n) is 0.649. The lowest BCUT2D eigenvalue weighted by atomic mass is 10.2. The molecule has 4 nitrogen and oxygen atoms in total. The van der Waals surface area contributed by atoms with Gasteiger partial charge in [-0.25, -0.2) is 0 Å². The molecule has 0 spiro atoms. The third-order valence-corrected chi connectivity index (χ3v) is 1.17. The van der Waals surface area contributed by atoms with Crippen LogP contribution in [-0.2, 0) is 4.79 Å². The molecule has 0 radical (unpaired) electrons. The number of carbonyl (C=O) groups is 1. The van der Waals surface area contributed by atoms with E-state index >= 15 is 0 Å². The van der Waals surface area contributed by atoms with Crippen LogP contribution in [0, 0.1) is 11.8 Å². The van der Waals surface area contributed by atoms with E-state index in [1.807, 2.05) is 0 Å². The average Bonchev–Trinajstić information content (AvgIpc) is 2.03. The summed E-state index contributed by atoms with van der Waals surface area (Å²) in [6.45, 7) is 0. The van der Waals surface area contributed by atoms with Crippen molar-refractivity contribution in [1.29, 1.82) is 0 Å². The third kappa shape index (κ3) is 1.99. The van der Waals surface area contributed by atoms with Crippen molar-refractivity contribution in [3.05, 3.63) is 24.0 Å². The van der Waals surface area contributed by atoms with Crippen LogP contribution in [0.5, 0.6) is 0 Å². The molecule has 0 aromatic carbocycles. The van der Waals surface area contributed by atoms with Crippen LogP contribution in [0.4, 0.5) is 5.69 Å². The Morgan fingerprint density at radius 3 is 2.92 bits per heavy atom. The second-order valence-corrected chi connectivity index (χ2v) is 2.08. The SMILES string of the molecule is NC(=O)C#Cc1ccncc1N. The van der Waals surface area contributed by atoms with E-state index in [0.717, 1.165) is 0 Å². The number of nitrogen functional groups attached to an aromatic ring is 1. The molecule has 4 N–H and O–H groups in total. The Kier molecular flexibility index (Phi) is 2.29. The summed E-state index contributed by atoms with van der Waals surface area (Å²) in [5, 5.41) is 0. The van der Waals surface area contributed by atoms with E-state index in [9.17, 15) is 4.79 Å². The number of aromatic nitrogens is 1. The van der Waals surface area contributed by atoms with Gasteiger partial charge in [0.15, 0.2) is 0 Å². The van der Waals surface area contributed by atoms with Crippen molar-refractivity contribution < 1.29 is 4.79 Å². The number of primary amides is 1. The molecule has 60 valence electrons. The van der Waals surface area contributed by atoms with E-state index in [1.165, 1.54) is 6.20 Å². The predicted molar refractivity (Wildman–Crippen MR) is 44.7 cm³/mol. The summed E-state index contributed by atoms with van der Waals surface area (Å²) in [6, 6.07) is 1.62. The zero-order valence-corrected chi connectivity index (χ0v) is 6.24. The van der Waals surface area contributed by atoms with E-state index in [-0.39, 0.29) is 0 Å². The highest BCUT2D eigenvalue weighted by Gasteiger charge is 1.92. The monoisotopic (exact) mass is 161 g/mol. The molecule has 0 aliphatic rings. The summed E-state index contributed by atoms with van der Waals surface area (Å²) in [5.41, 5.74) is 11.3. The first-order valence-corrected chi connectivity index (χ1v) is 3.21. The van der Waals surface area contributed by atoms with Crippen molar-refractivity contribution >= 4 is 11.6 Å². The van der Waals surface area contributed by atoms with Gasteiger partial charge in [0.05, 0.1) is 17.4 Å². The van der Waals surface area contributed by atoms with E-state index in [4.69, 9.17) is 11.5 Å². The van der Waals surface area contributed by atoms with Crippen LogP contribution >= 0.6 is 0 Å². The number of pyridine rings is 1. The molecule has 0 fully saturated rings. The number of rotatable bonds is 0. The number of nitrogens with zero attached hydrogens (tertiary/aromatic N) is 1. The summed E-state index contributed by atoms with van der Waals surface area (Å²) in [5.74, 6) is 4.03. The van der Waals surface area contributed by atoms with Gasteiger partial charge in [-0.1, -0.05) is 5.92 Å². The Morgan fingerprint density at radius 1 is 1.58 bits per heavy atom. The van der Waals surface area contributed by atoms with Crippen molar-refractivity contribution in [1.82, 2.24) is 4.98 Å². The van der Waals surface area contributed by atoms with Gasteiger partial charge in [-0.3, -0.25) is 9.78 Å². The number of anilines is 1. The summed E-state index contributed by atoms with van der Waals surface area (Å²) >= 11 is 0. The highest BCUT2D eigenvalue weighted by atomic mass is 16.1. The second-order valence-electron chi connectivity index (χ2n) is 2.08. The van der Waals surface area contributed by atoms with Crippen molar-refractivity contribution in [2.45, 2.75) is 0 Å². The van der Waals surface area contributed by atoms with Crippen LogP contribution in [0.1, 0.15) is 5.56 Å². The van der Waals surface area contributed by atoms with Crippen LogP contribution < -0.4 is 11.5 Å². The van der Waals surface area contributed by atoms with Gasteiger partial charge < -0.3 is 11.5 Å². The summed E-state index contributed by atoms with van der Waals surface area (Å²) in [4.78, 5) is 14.0. The molecule has 0 aliphatic heterocycles. The van der Waals surface area contributed by atoms with Crippen LogP contribution in [0.15, 0.2) is 18.5 Å². The van der Waals surface area contributed by atoms with Gasteiger partial charge in [0.2, 0.25) is 0 Å². The Hall–Kier alpha value is -2.02. The number of hydrogen-bond donors (Lipinski definition) is 2. The highest BCUT2D eigenvalue weighted by molar-refractivity contribution is 5.92. The van der Waals surface area contributed by atoms with Crippen molar-refractivity contribution in [2.24, 2.45) is 5.73 Å². The van der Waals surface area contributed by atoms with Gasteiger partial charge >= 0.3 is 0 Å². The molecule has 1 heterocycles. The Bertz CT molecular complexity index is 362. The quantitative estimate of drug-likeness (QED) is 0.503. The molecule has 1 amide bonds. The maximum absolute atomic E-state index is 10.3. The summed E-state index contributed by atoms with van der Waals surface area (Å²) in [6.07, 6.45) is 3.01. The molecule has 0 saturated heterocycles. The number of hydrogen-bond acceptors (Lipinski definition) is 3. The maximum atomic E-state index is 10.3. The average molecular weight is 161 g/mol. The zero-order valence-electron chi connectivity index (χ0n) is 6.24. The van der Waals surface area contributed by atoms with Gasteiger partial charge in [0, 0.05) is 12.1 Å². The van der Waals surface area contributed by atoms with Gasteiger partial charge in [-0.05, 0) is 6.07 Å². The minimum Gasteiger partial charge on any atom is -0.396 e. The van der Waals surface area contributed by atoms with Crippen molar-refractivity contribution in [3.8, 4) is 11.8 Å². The van der Waals surface area contributed by atoms with E-state index in [1.54, 1.807) is 12.3 Å². The topological polar surface area (TPSA) is 82.0 Å². The molecule has 1 aromatic heterocycles. The Balaban J connectivity index is 2.99. The van der Waals surface area contributed by atoms with Gasteiger partial charge in [0.25, 0.3) is 5.91 Å². The van der Waals surface area contributed by atoms with Crippen LogP contribution in [0.2, 0.25) is 0 Å². The van der Waals surface area contributed by atoms with Crippen LogP contribution in [0.25, 0.3) is 0 Å². The van der Waals surface area contributed by atoms with Crippen molar-refractivity contribution in [3.63, 3.8) is 0 Å². The number of nitrogens with two attached hydrogens (primary N) is 2.